The summed E-state index contributed by atoms with van der Waals surface area (Å²) < 4.78 is 38.6. The van der Waals surface area contributed by atoms with Gasteiger partial charge >= 0.3 is 12.2 Å². The molecule has 2 saturated carbocycles. The van der Waals surface area contributed by atoms with Gasteiger partial charge in [-0.3, -0.25) is 0 Å². The Morgan fingerprint density at radius 1 is 1.14 bits per heavy atom. The number of urea groups is 1. The van der Waals surface area contributed by atoms with Crippen LogP contribution < -0.4 is 10.6 Å². The van der Waals surface area contributed by atoms with E-state index in [9.17, 15) is 18.0 Å². The first kappa shape index (κ1) is 13.0. The van der Waals surface area contributed by atoms with Crippen molar-refractivity contribution in [1.82, 2.24) is 10.6 Å². The molecule has 2 unspecified atom stereocenters. The molecular formula is C15H15F3N2O. The maximum absolute atomic E-state index is 12.9. The molecule has 0 spiro atoms. The standard InChI is InChI=1S/C15H15F3N2O/c16-15(17,18)9-3-1-2-8(4-9)14-6-10(14)5-11-12(7-14)20-13(21)19-11/h1-4,10-12H,5-7H2,(H2,19,20,21)/t10-,11-,12?,14?/m0/s1. The number of halogens is 3. The molecule has 4 rings (SSSR count). The van der Waals surface area contributed by atoms with Crippen LogP contribution in [0.2, 0.25) is 0 Å². The number of rotatable bonds is 1. The van der Waals surface area contributed by atoms with Gasteiger partial charge in [0.05, 0.1) is 17.6 Å². The van der Waals surface area contributed by atoms with Crippen molar-refractivity contribution in [3.05, 3.63) is 35.4 Å². The Kier molecular flexibility index (Phi) is 2.43. The van der Waals surface area contributed by atoms with Crippen LogP contribution in [0.15, 0.2) is 24.3 Å². The van der Waals surface area contributed by atoms with Crippen molar-refractivity contribution in [3.63, 3.8) is 0 Å². The number of hydrogen-bond acceptors (Lipinski definition) is 1. The fraction of sp³-hybridized carbons (Fsp3) is 0.533. The molecule has 21 heavy (non-hydrogen) atoms. The van der Waals surface area contributed by atoms with Crippen molar-refractivity contribution < 1.29 is 18.0 Å². The number of nitrogens with one attached hydrogen (secondary N) is 2. The van der Waals surface area contributed by atoms with Gasteiger partial charge in [-0.05, 0) is 36.8 Å². The highest BCUT2D eigenvalue weighted by Gasteiger charge is 2.61. The van der Waals surface area contributed by atoms with Crippen molar-refractivity contribution in [2.75, 3.05) is 0 Å². The molecule has 4 atom stereocenters. The maximum atomic E-state index is 12.9. The third-order valence-electron chi connectivity index (χ3n) is 5.24. The summed E-state index contributed by atoms with van der Waals surface area (Å²) in [5.41, 5.74) is -0.000458. The maximum Gasteiger partial charge on any atom is 0.416 e. The molecule has 1 saturated heterocycles. The molecule has 3 fully saturated rings. The highest BCUT2D eigenvalue weighted by Crippen LogP contribution is 2.62. The first-order valence-corrected chi connectivity index (χ1v) is 7.13. The van der Waals surface area contributed by atoms with Gasteiger partial charge in [-0.2, -0.15) is 13.2 Å². The summed E-state index contributed by atoms with van der Waals surface area (Å²) in [5, 5.41) is 5.77. The molecule has 112 valence electrons. The Hall–Kier alpha value is -1.72. The lowest BCUT2D eigenvalue weighted by molar-refractivity contribution is -0.137. The van der Waals surface area contributed by atoms with Crippen LogP contribution in [0.1, 0.15) is 30.4 Å². The zero-order chi connectivity index (χ0) is 14.8. The van der Waals surface area contributed by atoms with Crippen molar-refractivity contribution in [1.29, 1.82) is 0 Å². The molecule has 1 aromatic carbocycles. The molecule has 2 N–H and O–H groups in total. The highest BCUT2D eigenvalue weighted by molar-refractivity contribution is 5.77. The van der Waals surface area contributed by atoms with Crippen molar-refractivity contribution in [3.8, 4) is 0 Å². The Bertz CT molecular complexity index is 615. The van der Waals surface area contributed by atoms with E-state index in [1.165, 1.54) is 12.1 Å². The van der Waals surface area contributed by atoms with Crippen LogP contribution in [0.5, 0.6) is 0 Å². The van der Waals surface area contributed by atoms with Gasteiger partial charge in [0.1, 0.15) is 0 Å². The van der Waals surface area contributed by atoms with Gasteiger partial charge in [-0.25, -0.2) is 4.79 Å². The van der Waals surface area contributed by atoms with E-state index in [-0.39, 0.29) is 23.5 Å². The molecule has 6 heteroatoms. The summed E-state index contributed by atoms with van der Waals surface area (Å²) >= 11 is 0. The second kappa shape index (κ2) is 3.93. The van der Waals surface area contributed by atoms with Crippen LogP contribution in [0, 0.1) is 5.92 Å². The van der Waals surface area contributed by atoms with Crippen LogP contribution >= 0.6 is 0 Å². The molecule has 1 heterocycles. The third-order valence-corrected chi connectivity index (χ3v) is 5.24. The molecule has 2 aliphatic carbocycles. The summed E-state index contributed by atoms with van der Waals surface area (Å²) in [6, 6.07) is 5.67. The van der Waals surface area contributed by atoms with Gasteiger partial charge in [-0.1, -0.05) is 18.2 Å². The van der Waals surface area contributed by atoms with Crippen molar-refractivity contribution in [2.45, 2.75) is 42.9 Å². The lowest BCUT2D eigenvalue weighted by Gasteiger charge is -2.31. The van der Waals surface area contributed by atoms with Gasteiger partial charge in [0.15, 0.2) is 0 Å². The van der Waals surface area contributed by atoms with E-state index in [4.69, 9.17) is 0 Å². The van der Waals surface area contributed by atoms with Crippen molar-refractivity contribution in [2.24, 2.45) is 5.92 Å². The monoisotopic (exact) mass is 296 g/mol. The Morgan fingerprint density at radius 2 is 1.90 bits per heavy atom. The smallest absolute Gasteiger partial charge is 0.333 e. The molecule has 1 aliphatic heterocycles. The number of carbonyl (C=O) groups is 1. The zero-order valence-corrected chi connectivity index (χ0v) is 11.2. The van der Waals surface area contributed by atoms with Gasteiger partial charge in [0, 0.05) is 5.41 Å². The topological polar surface area (TPSA) is 41.1 Å². The lowest BCUT2D eigenvalue weighted by Crippen LogP contribution is -2.41. The average molecular weight is 296 g/mol. The van der Waals surface area contributed by atoms with Gasteiger partial charge in [-0.15, -0.1) is 0 Å². The van der Waals surface area contributed by atoms with E-state index in [2.05, 4.69) is 10.6 Å². The Labute approximate surface area is 119 Å². The molecule has 0 radical (unpaired) electrons. The second-order valence-electron chi connectivity index (χ2n) is 6.41. The summed E-state index contributed by atoms with van der Waals surface area (Å²) in [6.07, 6.45) is -1.82. The lowest BCUT2D eigenvalue weighted by atomic mass is 9.78. The Morgan fingerprint density at radius 3 is 2.67 bits per heavy atom. The molecule has 0 bridgehead atoms. The SMILES string of the molecule is O=C1NC2CC3(c4cccc(C(F)(F)F)c4)C[C@@H]3C[C@@H]2N1. The largest absolute Gasteiger partial charge is 0.416 e. The summed E-state index contributed by atoms with van der Waals surface area (Å²) in [5.74, 6) is 0.377. The Balaban J connectivity index is 1.64. The summed E-state index contributed by atoms with van der Waals surface area (Å²) in [6.45, 7) is 0. The predicted molar refractivity (Wildman–Crippen MR) is 69.7 cm³/mol. The van der Waals surface area contributed by atoms with E-state index < -0.39 is 11.7 Å². The summed E-state index contributed by atoms with van der Waals surface area (Å²) in [4.78, 5) is 11.4. The highest BCUT2D eigenvalue weighted by atomic mass is 19.4. The minimum atomic E-state index is -4.31. The van der Waals surface area contributed by atoms with Crippen LogP contribution in [-0.4, -0.2) is 18.1 Å². The van der Waals surface area contributed by atoms with E-state index in [0.29, 0.717) is 5.92 Å². The van der Waals surface area contributed by atoms with Crippen LogP contribution in [0.25, 0.3) is 0 Å². The minimum absolute atomic E-state index is 0.0331. The number of amides is 2. The van der Waals surface area contributed by atoms with Crippen LogP contribution in [-0.2, 0) is 11.6 Å². The normalized spacial score (nSPS) is 37.3. The fourth-order valence-corrected chi connectivity index (χ4v) is 4.11. The predicted octanol–water partition coefficient (Wildman–Crippen LogP) is 2.81. The van der Waals surface area contributed by atoms with E-state index >= 15 is 0 Å². The molecule has 3 nitrogen and oxygen atoms in total. The van der Waals surface area contributed by atoms with Gasteiger partial charge in [0.2, 0.25) is 0 Å². The van der Waals surface area contributed by atoms with Crippen LogP contribution in [0.3, 0.4) is 0 Å². The average Bonchev–Trinajstić information content (AvgIpc) is 3.01. The zero-order valence-electron chi connectivity index (χ0n) is 11.2. The molecule has 2 amide bonds. The quantitative estimate of drug-likeness (QED) is 0.822. The number of hydrogen-bond donors (Lipinski definition) is 2. The fourth-order valence-electron chi connectivity index (χ4n) is 4.11. The minimum Gasteiger partial charge on any atom is -0.333 e. The van der Waals surface area contributed by atoms with Crippen LogP contribution in [0.4, 0.5) is 18.0 Å². The molecule has 3 aliphatic rings. The third kappa shape index (κ3) is 1.92. The van der Waals surface area contributed by atoms with E-state index in [1.54, 1.807) is 6.07 Å². The second-order valence-corrected chi connectivity index (χ2v) is 6.41. The number of carbonyl (C=O) groups excluding carboxylic acids is 1. The number of alkyl halides is 3. The first-order chi connectivity index (χ1) is 9.88. The van der Waals surface area contributed by atoms with Gasteiger partial charge < -0.3 is 10.6 Å². The van der Waals surface area contributed by atoms with E-state index in [0.717, 1.165) is 30.9 Å². The van der Waals surface area contributed by atoms with E-state index in [1.807, 2.05) is 0 Å². The van der Waals surface area contributed by atoms with Crippen molar-refractivity contribution >= 4 is 6.03 Å². The number of benzene rings is 1. The first-order valence-electron chi connectivity index (χ1n) is 7.13. The summed E-state index contributed by atoms with van der Waals surface area (Å²) in [7, 11) is 0. The van der Waals surface area contributed by atoms with Gasteiger partial charge in [0.25, 0.3) is 0 Å². The molecular weight excluding hydrogens is 281 g/mol. The molecule has 0 aromatic heterocycles. The number of fused-ring (bicyclic) bond motifs is 2. The molecule has 1 aromatic rings.